The zero-order chi connectivity index (χ0) is 14.7. The first-order valence-corrected chi connectivity index (χ1v) is 6.14. The number of rotatable bonds is 4. The van der Waals surface area contributed by atoms with Crippen LogP contribution in [0.2, 0.25) is 0 Å². The molecule has 0 unspecified atom stereocenters. The van der Waals surface area contributed by atoms with Gasteiger partial charge in [-0.05, 0) is 37.5 Å². The van der Waals surface area contributed by atoms with Crippen LogP contribution < -0.4 is 16.6 Å². The lowest BCUT2D eigenvalue weighted by atomic mass is 10.0. The molecule has 1 aromatic carbocycles. The summed E-state index contributed by atoms with van der Waals surface area (Å²) in [7, 11) is 0. The third-order valence-corrected chi connectivity index (χ3v) is 3.00. The third kappa shape index (κ3) is 2.87. The summed E-state index contributed by atoms with van der Waals surface area (Å²) in [6, 6.07) is 4.20. The average molecular weight is 276 g/mol. The van der Waals surface area contributed by atoms with Crippen molar-refractivity contribution in [1.82, 2.24) is 5.16 Å². The van der Waals surface area contributed by atoms with Gasteiger partial charge in [-0.2, -0.15) is 0 Å². The molecule has 0 aliphatic rings. The van der Waals surface area contributed by atoms with Crippen LogP contribution >= 0.6 is 0 Å². The molecule has 0 amide bonds. The van der Waals surface area contributed by atoms with Crippen LogP contribution in [0.5, 0.6) is 0 Å². The Morgan fingerprint density at radius 1 is 1.35 bits per heavy atom. The molecule has 1 aromatic heterocycles. The second kappa shape index (κ2) is 5.60. The number of H-pyrrole nitrogens is 1. The molecular formula is C13H18N5O2+. The van der Waals surface area contributed by atoms with E-state index in [2.05, 4.69) is 39.2 Å². The van der Waals surface area contributed by atoms with Crippen molar-refractivity contribution in [2.24, 2.45) is 10.9 Å². The minimum atomic E-state index is 0.0647. The van der Waals surface area contributed by atoms with Gasteiger partial charge < -0.3 is 16.3 Å². The fraction of sp³-hybridized carbons (Fsp3) is 0.308. The molecule has 0 fully saturated rings. The predicted octanol–water partition coefficient (Wildman–Crippen LogP) is 0.833. The number of oxime groups is 1. The van der Waals surface area contributed by atoms with E-state index in [9.17, 15) is 0 Å². The Hall–Kier alpha value is -2.57. The highest BCUT2D eigenvalue weighted by Gasteiger charge is 2.18. The largest absolute Gasteiger partial charge is 0.389 e. The number of nitrogens with zero attached hydrogens (tertiary/aromatic N) is 2. The number of nitrogen functional groups attached to an aromatic ring is 1. The van der Waals surface area contributed by atoms with Gasteiger partial charge in [0.05, 0.1) is 5.16 Å². The highest BCUT2D eigenvalue weighted by atomic mass is 16.6. The summed E-state index contributed by atoms with van der Waals surface area (Å²) in [5, 5.41) is 9.75. The minimum Gasteiger partial charge on any atom is -0.389 e. The molecule has 7 heteroatoms. The second-order valence-electron chi connectivity index (χ2n) is 4.67. The van der Waals surface area contributed by atoms with Crippen molar-refractivity contribution < 1.29 is 14.6 Å². The van der Waals surface area contributed by atoms with Gasteiger partial charge in [0.15, 0.2) is 0 Å². The Morgan fingerprint density at radius 2 is 2.00 bits per heavy atom. The molecule has 2 aromatic rings. The summed E-state index contributed by atoms with van der Waals surface area (Å²) in [6.07, 6.45) is 0. The van der Waals surface area contributed by atoms with E-state index in [4.69, 9.17) is 16.3 Å². The topological polar surface area (TPSA) is 114 Å². The van der Waals surface area contributed by atoms with Crippen molar-refractivity contribution in [3.05, 3.63) is 40.1 Å². The molecule has 0 saturated carbocycles. The smallest absolute Gasteiger partial charge is 0.303 e. The Balaban J connectivity index is 2.09. The number of hydrogen-bond donors (Lipinski definition) is 2. The highest BCUT2D eigenvalue weighted by molar-refractivity contribution is 5.98. The SMILES string of the molecule is Cc1cc(C)c(CON=C(N)c2no[nH+]c2N)c(C)c1. The quantitative estimate of drug-likeness (QED) is 0.488. The van der Waals surface area contributed by atoms with Gasteiger partial charge in [0.2, 0.25) is 5.84 Å². The Morgan fingerprint density at radius 3 is 2.55 bits per heavy atom. The number of anilines is 1. The molecule has 0 radical (unpaired) electrons. The number of hydrogen-bond acceptors (Lipinski definition) is 5. The van der Waals surface area contributed by atoms with Crippen LogP contribution in [0.4, 0.5) is 5.82 Å². The molecule has 2 rings (SSSR count). The number of benzene rings is 1. The lowest BCUT2D eigenvalue weighted by Crippen LogP contribution is -2.18. The average Bonchev–Trinajstić information content (AvgIpc) is 2.78. The molecule has 0 saturated heterocycles. The van der Waals surface area contributed by atoms with Crippen molar-refractivity contribution in [1.29, 1.82) is 0 Å². The maximum absolute atomic E-state index is 5.71. The molecule has 106 valence electrons. The molecule has 5 N–H and O–H groups in total. The maximum atomic E-state index is 5.71. The first-order chi connectivity index (χ1) is 9.49. The highest BCUT2D eigenvalue weighted by Crippen LogP contribution is 2.17. The zero-order valence-corrected chi connectivity index (χ0v) is 11.7. The van der Waals surface area contributed by atoms with E-state index < -0.39 is 0 Å². The van der Waals surface area contributed by atoms with E-state index in [1.165, 1.54) is 5.56 Å². The zero-order valence-electron chi connectivity index (χ0n) is 11.7. The standard InChI is InChI=1S/C13H17N5O2/c1-7-4-8(2)10(9(3)5-7)6-19-17-12(14)11-13(15)18-20-16-11/h4-5H,6H2,1-3H3,(H2,14,17)(H2,15,18)/p+1. The Labute approximate surface area is 116 Å². The Bertz CT molecular complexity index is 625. The van der Waals surface area contributed by atoms with Crippen molar-refractivity contribution >= 4 is 11.7 Å². The van der Waals surface area contributed by atoms with Gasteiger partial charge in [-0.15, -0.1) is 4.63 Å². The van der Waals surface area contributed by atoms with E-state index in [1.807, 2.05) is 13.8 Å². The fourth-order valence-corrected chi connectivity index (χ4v) is 2.05. The number of aryl methyl sites for hydroxylation is 3. The molecule has 7 nitrogen and oxygen atoms in total. The lowest BCUT2D eigenvalue weighted by molar-refractivity contribution is -0.610. The van der Waals surface area contributed by atoms with E-state index >= 15 is 0 Å². The van der Waals surface area contributed by atoms with Crippen LogP contribution in [0, 0.1) is 20.8 Å². The molecule has 0 spiro atoms. The third-order valence-electron chi connectivity index (χ3n) is 3.00. The fourth-order valence-electron chi connectivity index (χ4n) is 2.05. The van der Waals surface area contributed by atoms with Crippen molar-refractivity contribution in [3.8, 4) is 0 Å². The van der Waals surface area contributed by atoms with Crippen LogP contribution in [-0.2, 0) is 11.4 Å². The maximum Gasteiger partial charge on any atom is 0.303 e. The van der Waals surface area contributed by atoms with Gasteiger partial charge >= 0.3 is 11.5 Å². The number of nitrogens with two attached hydrogens (primary N) is 2. The number of aromatic nitrogens is 2. The van der Waals surface area contributed by atoms with Crippen LogP contribution in [0.1, 0.15) is 27.9 Å². The van der Waals surface area contributed by atoms with Gasteiger partial charge in [0.25, 0.3) is 0 Å². The predicted molar refractivity (Wildman–Crippen MR) is 73.6 cm³/mol. The van der Waals surface area contributed by atoms with Crippen molar-refractivity contribution in [2.45, 2.75) is 27.4 Å². The molecular weight excluding hydrogens is 258 g/mol. The van der Waals surface area contributed by atoms with E-state index in [0.717, 1.165) is 16.7 Å². The van der Waals surface area contributed by atoms with Crippen LogP contribution in [-0.4, -0.2) is 11.0 Å². The van der Waals surface area contributed by atoms with Gasteiger partial charge in [0, 0.05) is 0 Å². The van der Waals surface area contributed by atoms with Gasteiger partial charge in [-0.25, -0.2) is 0 Å². The molecule has 0 aliphatic carbocycles. The Kier molecular flexibility index (Phi) is 3.88. The van der Waals surface area contributed by atoms with E-state index in [1.54, 1.807) is 0 Å². The number of amidine groups is 1. The van der Waals surface area contributed by atoms with E-state index in [-0.39, 0.29) is 17.3 Å². The van der Waals surface area contributed by atoms with Crippen molar-refractivity contribution in [2.75, 3.05) is 5.73 Å². The van der Waals surface area contributed by atoms with E-state index in [0.29, 0.717) is 6.61 Å². The first kappa shape index (κ1) is 13.9. The normalized spacial score (nSPS) is 11.7. The number of aromatic amines is 1. The second-order valence-corrected chi connectivity index (χ2v) is 4.67. The first-order valence-electron chi connectivity index (χ1n) is 6.14. The monoisotopic (exact) mass is 276 g/mol. The van der Waals surface area contributed by atoms with Crippen LogP contribution in [0.15, 0.2) is 21.9 Å². The summed E-state index contributed by atoms with van der Waals surface area (Å²) in [5.41, 5.74) is 16.1. The van der Waals surface area contributed by atoms with Gasteiger partial charge in [-0.3, -0.25) is 0 Å². The molecule has 0 atom stereocenters. The van der Waals surface area contributed by atoms with Gasteiger partial charge in [-0.1, -0.05) is 28.0 Å². The molecule has 0 aliphatic heterocycles. The van der Waals surface area contributed by atoms with Gasteiger partial charge in [0.1, 0.15) is 6.61 Å². The van der Waals surface area contributed by atoms with Crippen LogP contribution in [0.3, 0.4) is 0 Å². The summed E-state index contributed by atoms with van der Waals surface area (Å²) in [4.78, 5) is 5.27. The summed E-state index contributed by atoms with van der Waals surface area (Å²) >= 11 is 0. The molecule has 1 heterocycles. The lowest BCUT2D eigenvalue weighted by Gasteiger charge is -2.09. The number of nitrogens with one attached hydrogen (secondary N) is 1. The molecule has 0 bridgehead atoms. The van der Waals surface area contributed by atoms with Crippen molar-refractivity contribution in [3.63, 3.8) is 0 Å². The minimum absolute atomic E-state index is 0.0647. The summed E-state index contributed by atoms with van der Waals surface area (Å²) < 4.78 is 4.57. The summed E-state index contributed by atoms with van der Waals surface area (Å²) in [6.45, 7) is 6.47. The molecule has 20 heavy (non-hydrogen) atoms. The summed E-state index contributed by atoms with van der Waals surface area (Å²) in [5.74, 6) is 0.271. The van der Waals surface area contributed by atoms with Crippen LogP contribution in [0.25, 0.3) is 0 Å².